The topological polar surface area (TPSA) is 0 Å². The van der Waals surface area contributed by atoms with E-state index in [1.54, 1.807) is 0 Å². The van der Waals surface area contributed by atoms with Crippen LogP contribution in [0.3, 0.4) is 0 Å². The third-order valence-corrected chi connectivity index (χ3v) is 8.42. The van der Waals surface area contributed by atoms with Gasteiger partial charge in [-0.1, -0.05) is 146 Å². The van der Waals surface area contributed by atoms with E-state index < -0.39 is 0 Å². The average Bonchev–Trinajstić information content (AvgIpc) is 3.37. The average molecular weight is 489 g/mol. The zero-order valence-corrected chi connectivity index (χ0v) is 21.1. The van der Waals surface area contributed by atoms with Crippen LogP contribution in [0.4, 0.5) is 0 Å². The Hall–Kier alpha value is -4.46. The summed E-state index contributed by atoms with van der Waals surface area (Å²) in [4.78, 5) is 2.64. The van der Waals surface area contributed by atoms with Crippen LogP contribution in [0.2, 0.25) is 0 Å². The molecule has 0 nitrogen and oxygen atoms in total. The molecule has 0 saturated carbocycles. The first-order valence-corrected chi connectivity index (χ1v) is 13.4. The van der Waals surface area contributed by atoms with Crippen LogP contribution in [0.15, 0.2) is 146 Å². The molecular formula is C36H24S. The van der Waals surface area contributed by atoms with Crippen molar-refractivity contribution in [2.24, 2.45) is 0 Å². The van der Waals surface area contributed by atoms with Gasteiger partial charge in [0, 0.05) is 31.7 Å². The molecule has 1 aromatic heterocycles. The van der Waals surface area contributed by atoms with Gasteiger partial charge in [-0.2, -0.15) is 0 Å². The van der Waals surface area contributed by atoms with Crippen LogP contribution in [0.1, 0.15) is 0 Å². The number of rotatable bonds is 4. The molecule has 0 aliphatic heterocycles. The molecule has 0 N–H and O–H groups in total. The van der Waals surface area contributed by atoms with Crippen molar-refractivity contribution in [3.05, 3.63) is 146 Å². The van der Waals surface area contributed by atoms with Crippen molar-refractivity contribution in [2.45, 2.75) is 0 Å². The Balaban J connectivity index is 1.48. The molecule has 1 heteroatoms. The van der Waals surface area contributed by atoms with E-state index in [4.69, 9.17) is 0 Å². The molecule has 0 atom stereocenters. The van der Waals surface area contributed by atoms with E-state index in [1.807, 2.05) is 11.3 Å². The van der Waals surface area contributed by atoms with Crippen LogP contribution in [-0.2, 0) is 0 Å². The molecule has 0 bridgehead atoms. The highest BCUT2D eigenvalue weighted by Crippen LogP contribution is 2.48. The van der Waals surface area contributed by atoms with Crippen molar-refractivity contribution in [2.75, 3.05) is 0 Å². The van der Waals surface area contributed by atoms with Gasteiger partial charge < -0.3 is 0 Å². The molecule has 0 saturated heterocycles. The van der Waals surface area contributed by atoms with Crippen molar-refractivity contribution in [1.82, 2.24) is 0 Å². The molecule has 0 fully saturated rings. The van der Waals surface area contributed by atoms with Crippen molar-refractivity contribution >= 4 is 32.9 Å². The smallest absolute Gasteiger partial charge is 0.0434 e. The molecule has 0 spiro atoms. The highest BCUT2D eigenvalue weighted by Gasteiger charge is 2.18. The number of thiophene rings is 1. The lowest BCUT2D eigenvalue weighted by molar-refractivity contribution is 1.62. The molecule has 0 unspecified atom stereocenters. The van der Waals surface area contributed by atoms with Crippen LogP contribution < -0.4 is 0 Å². The van der Waals surface area contributed by atoms with Gasteiger partial charge in [-0.3, -0.25) is 0 Å². The van der Waals surface area contributed by atoms with E-state index in [1.165, 1.54) is 64.7 Å². The molecule has 7 rings (SSSR count). The third kappa shape index (κ3) is 3.76. The van der Waals surface area contributed by atoms with Crippen molar-refractivity contribution in [3.63, 3.8) is 0 Å². The molecule has 1 heterocycles. The fraction of sp³-hybridized carbons (Fsp3) is 0. The summed E-state index contributed by atoms with van der Waals surface area (Å²) in [5.41, 5.74) is 7.61. The van der Waals surface area contributed by atoms with Gasteiger partial charge in [0.1, 0.15) is 0 Å². The maximum absolute atomic E-state index is 2.28. The zero-order valence-electron chi connectivity index (χ0n) is 20.3. The molecule has 0 radical (unpaired) electrons. The lowest BCUT2D eigenvalue weighted by Crippen LogP contribution is -1.84. The van der Waals surface area contributed by atoms with E-state index >= 15 is 0 Å². The Labute approximate surface area is 221 Å². The number of hydrogen-bond acceptors (Lipinski definition) is 1. The van der Waals surface area contributed by atoms with Gasteiger partial charge in [-0.25, -0.2) is 0 Å². The Morgan fingerprint density at radius 2 is 0.676 bits per heavy atom. The summed E-state index contributed by atoms with van der Waals surface area (Å²) in [6.45, 7) is 0. The second-order valence-electron chi connectivity index (χ2n) is 9.29. The molecule has 174 valence electrons. The molecule has 0 aliphatic rings. The summed E-state index contributed by atoms with van der Waals surface area (Å²) in [7, 11) is 0. The summed E-state index contributed by atoms with van der Waals surface area (Å²) in [5.74, 6) is 0. The molecule has 0 aliphatic carbocycles. The summed E-state index contributed by atoms with van der Waals surface area (Å²) >= 11 is 1.90. The minimum atomic E-state index is 1.25. The van der Waals surface area contributed by atoms with E-state index in [9.17, 15) is 0 Å². The highest BCUT2D eigenvalue weighted by atomic mass is 32.1. The maximum Gasteiger partial charge on any atom is 0.0434 e. The van der Waals surface area contributed by atoms with Crippen LogP contribution in [0, 0.1) is 0 Å². The Kier molecular flexibility index (Phi) is 5.42. The van der Waals surface area contributed by atoms with E-state index in [0.29, 0.717) is 0 Å². The predicted octanol–water partition coefficient (Wildman–Crippen LogP) is 10.7. The monoisotopic (exact) mass is 488 g/mol. The van der Waals surface area contributed by atoms with E-state index in [0.717, 1.165) is 0 Å². The molecule has 0 amide bonds. The molecule has 37 heavy (non-hydrogen) atoms. The first-order valence-electron chi connectivity index (χ1n) is 12.6. The number of fused-ring (bicyclic) bond motifs is 2. The Morgan fingerprint density at radius 3 is 1.32 bits per heavy atom. The second kappa shape index (κ2) is 9.20. The number of benzene rings is 6. The minimum Gasteiger partial charge on any atom is -0.134 e. The first kappa shape index (κ1) is 21.8. The van der Waals surface area contributed by atoms with Gasteiger partial charge >= 0.3 is 0 Å². The standard InChI is InChI=1S/C36H24S/c1-3-13-25(14-4-1)27-21-11-23-30-29(27)22-12-24-32(30)36-34-20-10-9-19-33(34)35(37-36)31-18-8-7-17-28(31)26-15-5-2-6-16-26/h1-24H. The van der Waals surface area contributed by atoms with Gasteiger partial charge in [-0.05, 0) is 33.0 Å². The summed E-state index contributed by atoms with van der Waals surface area (Å²) in [6.07, 6.45) is 0. The second-order valence-corrected chi connectivity index (χ2v) is 10.3. The van der Waals surface area contributed by atoms with Crippen LogP contribution >= 0.6 is 11.3 Å². The quantitative estimate of drug-likeness (QED) is 0.231. The first-order chi connectivity index (χ1) is 18.4. The third-order valence-electron chi connectivity index (χ3n) is 7.13. The van der Waals surface area contributed by atoms with Gasteiger partial charge in [0.15, 0.2) is 0 Å². The van der Waals surface area contributed by atoms with Crippen LogP contribution in [-0.4, -0.2) is 0 Å². The van der Waals surface area contributed by atoms with Crippen LogP contribution in [0.25, 0.3) is 64.7 Å². The maximum atomic E-state index is 2.28. The van der Waals surface area contributed by atoms with Crippen molar-refractivity contribution < 1.29 is 0 Å². The Bertz CT molecular complexity index is 1860. The van der Waals surface area contributed by atoms with Crippen LogP contribution in [0.5, 0.6) is 0 Å². The van der Waals surface area contributed by atoms with E-state index in [2.05, 4.69) is 146 Å². The summed E-state index contributed by atoms with van der Waals surface area (Å²) in [5, 5.41) is 5.19. The predicted molar refractivity (Wildman–Crippen MR) is 161 cm³/mol. The molecular weight excluding hydrogens is 464 g/mol. The van der Waals surface area contributed by atoms with Gasteiger partial charge in [0.05, 0.1) is 0 Å². The highest BCUT2D eigenvalue weighted by molar-refractivity contribution is 7.21. The SMILES string of the molecule is c1ccc(-c2ccccc2-c2sc(-c3cccc4c(-c5ccccc5)cccc34)c3ccccc23)cc1. The normalized spacial score (nSPS) is 11.2. The fourth-order valence-electron chi connectivity index (χ4n) is 5.42. The zero-order chi connectivity index (χ0) is 24.6. The van der Waals surface area contributed by atoms with Gasteiger partial charge in [0.2, 0.25) is 0 Å². The van der Waals surface area contributed by atoms with E-state index in [-0.39, 0.29) is 0 Å². The lowest BCUT2D eigenvalue weighted by Gasteiger charge is -2.11. The lowest BCUT2D eigenvalue weighted by atomic mass is 9.94. The summed E-state index contributed by atoms with van der Waals surface area (Å²) < 4.78 is 0. The summed E-state index contributed by atoms with van der Waals surface area (Å²) in [6, 6.07) is 52.5. The van der Waals surface area contributed by atoms with Gasteiger partial charge in [0.25, 0.3) is 0 Å². The van der Waals surface area contributed by atoms with Crippen molar-refractivity contribution in [3.8, 4) is 43.1 Å². The molecule has 7 aromatic rings. The van der Waals surface area contributed by atoms with Crippen molar-refractivity contribution in [1.29, 1.82) is 0 Å². The fourth-order valence-corrected chi connectivity index (χ4v) is 6.78. The largest absolute Gasteiger partial charge is 0.134 e. The minimum absolute atomic E-state index is 1.25. The number of hydrogen-bond donors (Lipinski definition) is 0. The van der Waals surface area contributed by atoms with Gasteiger partial charge in [-0.15, -0.1) is 11.3 Å². The Morgan fingerprint density at radius 1 is 0.270 bits per heavy atom. The molecule has 6 aromatic carbocycles.